The van der Waals surface area contributed by atoms with Crippen LogP contribution in [0.25, 0.3) is 11.1 Å². The van der Waals surface area contributed by atoms with Gasteiger partial charge in [0, 0.05) is 5.92 Å². The number of alkyl halides is 6. The molecule has 9 heteroatoms. The molecule has 0 fully saturated rings. The molecule has 0 aliphatic heterocycles. The highest BCUT2D eigenvalue weighted by atomic mass is 35.5. The fourth-order valence-corrected chi connectivity index (χ4v) is 4.08. The third-order valence-corrected chi connectivity index (χ3v) is 5.86. The van der Waals surface area contributed by atoms with Crippen molar-refractivity contribution in [1.29, 1.82) is 0 Å². The molecule has 0 amide bonds. The summed E-state index contributed by atoms with van der Waals surface area (Å²) in [5, 5.41) is -0.468. The van der Waals surface area contributed by atoms with Crippen LogP contribution in [0.1, 0.15) is 49.8 Å². The predicted molar refractivity (Wildman–Crippen MR) is 126 cm³/mol. The summed E-state index contributed by atoms with van der Waals surface area (Å²) in [5.41, 5.74) is -0.997. The van der Waals surface area contributed by atoms with Gasteiger partial charge in [0.05, 0.1) is 16.1 Å². The molecule has 0 saturated carbocycles. The molecular weight excluding hydrogens is 506 g/mol. The average molecular weight is 529 g/mol. The zero-order chi connectivity index (χ0) is 26.8. The first kappa shape index (κ1) is 27.6. The van der Waals surface area contributed by atoms with E-state index < -0.39 is 34.4 Å². The SMILES string of the molecule is CC(=O)C(CC(C)C)c1cc(Oc2cccc(C(F)(F)F)c2)cc(-c2ccc(Cl)c(C(F)(F)F)c2)c1. The van der Waals surface area contributed by atoms with Crippen molar-refractivity contribution < 1.29 is 35.9 Å². The highest BCUT2D eigenvalue weighted by Gasteiger charge is 2.34. The van der Waals surface area contributed by atoms with Gasteiger partial charge in [0.25, 0.3) is 0 Å². The van der Waals surface area contributed by atoms with E-state index in [4.69, 9.17) is 16.3 Å². The van der Waals surface area contributed by atoms with E-state index in [0.29, 0.717) is 17.5 Å². The summed E-state index contributed by atoms with van der Waals surface area (Å²) < 4.78 is 85.5. The molecule has 0 radical (unpaired) electrons. The lowest BCUT2D eigenvalue weighted by Crippen LogP contribution is -2.12. The second-order valence-corrected chi connectivity index (χ2v) is 9.31. The van der Waals surface area contributed by atoms with Gasteiger partial charge in [0.15, 0.2) is 0 Å². The Hall–Kier alpha value is -3.00. The van der Waals surface area contributed by atoms with E-state index in [2.05, 4.69) is 0 Å². The van der Waals surface area contributed by atoms with Crippen LogP contribution >= 0.6 is 11.6 Å². The number of ether oxygens (including phenoxy) is 1. The fourth-order valence-electron chi connectivity index (χ4n) is 3.85. The van der Waals surface area contributed by atoms with Crippen LogP contribution in [0, 0.1) is 5.92 Å². The van der Waals surface area contributed by atoms with Crippen LogP contribution in [0.15, 0.2) is 60.7 Å². The summed E-state index contributed by atoms with van der Waals surface area (Å²) in [7, 11) is 0. The van der Waals surface area contributed by atoms with E-state index in [9.17, 15) is 31.1 Å². The molecule has 0 heterocycles. The smallest absolute Gasteiger partial charge is 0.417 e. The molecule has 0 saturated heterocycles. The molecule has 36 heavy (non-hydrogen) atoms. The maximum atomic E-state index is 13.5. The second-order valence-electron chi connectivity index (χ2n) is 8.90. The van der Waals surface area contributed by atoms with Crippen molar-refractivity contribution in [2.24, 2.45) is 5.92 Å². The largest absolute Gasteiger partial charge is 0.457 e. The molecule has 1 unspecified atom stereocenters. The average Bonchev–Trinajstić information content (AvgIpc) is 2.76. The molecule has 0 aromatic heterocycles. The van der Waals surface area contributed by atoms with Gasteiger partial charge in [-0.3, -0.25) is 4.79 Å². The van der Waals surface area contributed by atoms with Crippen LogP contribution in [0.4, 0.5) is 26.3 Å². The molecular formula is C27H23ClF6O2. The zero-order valence-corrected chi connectivity index (χ0v) is 20.4. The molecule has 0 aliphatic rings. The number of carbonyl (C=O) groups excluding carboxylic acids is 1. The number of rotatable bonds is 7. The van der Waals surface area contributed by atoms with Crippen LogP contribution in [0.5, 0.6) is 11.5 Å². The molecule has 192 valence electrons. The molecule has 0 spiro atoms. The van der Waals surface area contributed by atoms with Crippen LogP contribution in [-0.4, -0.2) is 5.78 Å². The number of benzene rings is 3. The van der Waals surface area contributed by atoms with Gasteiger partial charge < -0.3 is 4.74 Å². The van der Waals surface area contributed by atoms with Crippen LogP contribution in [-0.2, 0) is 17.1 Å². The highest BCUT2D eigenvalue weighted by molar-refractivity contribution is 6.31. The second kappa shape index (κ2) is 10.5. The minimum atomic E-state index is -4.69. The lowest BCUT2D eigenvalue weighted by molar-refractivity contribution is -0.138. The quantitative estimate of drug-likeness (QED) is 0.285. The number of halogens is 7. The van der Waals surface area contributed by atoms with Crippen molar-refractivity contribution in [3.63, 3.8) is 0 Å². The van der Waals surface area contributed by atoms with Gasteiger partial charge in [-0.1, -0.05) is 43.6 Å². The first-order valence-corrected chi connectivity index (χ1v) is 11.4. The van der Waals surface area contributed by atoms with E-state index >= 15 is 0 Å². The molecule has 3 aromatic rings. The van der Waals surface area contributed by atoms with E-state index in [1.807, 2.05) is 13.8 Å². The number of hydrogen-bond donors (Lipinski definition) is 0. The van der Waals surface area contributed by atoms with Gasteiger partial charge in [0.2, 0.25) is 0 Å². The van der Waals surface area contributed by atoms with E-state index in [0.717, 1.165) is 24.3 Å². The molecule has 3 rings (SSSR count). The van der Waals surface area contributed by atoms with Crippen LogP contribution in [0.3, 0.4) is 0 Å². The zero-order valence-electron chi connectivity index (χ0n) is 19.6. The predicted octanol–water partition coefficient (Wildman–Crippen LogP) is 9.56. The van der Waals surface area contributed by atoms with Crippen molar-refractivity contribution in [3.8, 4) is 22.6 Å². The number of hydrogen-bond acceptors (Lipinski definition) is 2. The highest BCUT2D eigenvalue weighted by Crippen LogP contribution is 2.40. The number of Topliss-reactive ketones (excluding diaryl/α,β-unsaturated/α-hetero) is 1. The first-order valence-electron chi connectivity index (χ1n) is 11.0. The van der Waals surface area contributed by atoms with E-state index in [1.165, 1.54) is 37.3 Å². The maximum Gasteiger partial charge on any atom is 0.417 e. The van der Waals surface area contributed by atoms with Gasteiger partial charge in [0.1, 0.15) is 17.3 Å². The summed E-state index contributed by atoms with van der Waals surface area (Å²) in [6.07, 6.45) is -8.81. The fraction of sp³-hybridized carbons (Fsp3) is 0.296. The summed E-state index contributed by atoms with van der Waals surface area (Å²) in [6.45, 7) is 5.26. The Labute approximate surface area is 209 Å². The van der Waals surface area contributed by atoms with Gasteiger partial charge in [-0.25, -0.2) is 0 Å². The standard InChI is InChI=1S/C27H23ClF6O2/c1-15(2)9-23(16(3)35)19-10-18(17-7-8-25(28)24(13-17)27(32,33)34)11-22(12-19)36-21-6-4-5-20(14-21)26(29,30)31/h4-8,10-15,23H,9H2,1-3H3. The van der Waals surface area contributed by atoms with Crippen LogP contribution in [0.2, 0.25) is 5.02 Å². The Balaban J connectivity index is 2.16. The molecule has 0 bridgehead atoms. The van der Waals surface area contributed by atoms with Crippen molar-refractivity contribution in [2.75, 3.05) is 0 Å². The lowest BCUT2D eigenvalue weighted by Gasteiger charge is -2.20. The minimum absolute atomic E-state index is 0.0836. The van der Waals surface area contributed by atoms with Crippen molar-refractivity contribution in [1.82, 2.24) is 0 Å². The molecule has 3 aromatic carbocycles. The minimum Gasteiger partial charge on any atom is -0.457 e. The monoisotopic (exact) mass is 528 g/mol. The van der Waals surface area contributed by atoms with E-state index in [1.54, 1.807) is 6.07 Å². The van der Waals surface area contributed by atoms with Crippen LogP contribution < -0.4 is 4.74 Å². The number of ketones is 1. The molecule has 0 N–H and O–H groups in total. The van der Waals surface area contributed by atoms with Gasteiger partial charge in [-0.15, -0.1) is 0 Å². The lowest BCUT2D eigenvalue weighted by atomic mass is 9.86. The Morgan fingerprint density at radius 3 is 2.14 bits per heavy atom. The third-order valence-electron chi connectivity index (χ3n) is 5.53. The Kier molecular flexibility index (Phi) is 8.08. The number of carbonyl (C=O) groups is 1. The van der Waals surface area contributed by atoms with E-state index in [-0.39, 0.29) is 28.8 Å². The topological polar surface area (TPSA) is 26.3 Å². The molecule has 2 nitrogen and oxygen atoms in total. The van der Waals surface area contributed by atoms with Gasteiger partial charge in [-0.05, 0) is 78.4 Å². The normalized spacial score (nSPS) is 13.1. The first-order chi connectivity index (χ1) is 16.6. The van der Waals surface area contributed by atoms with Crippen molar-refractivity contribution >= 4 is 17.4 Å². The Morgan fingerprint density at radius 2 is 1.56 bits per heavy atom. The third kappa shape index (κ3) is 6.81. The van der Waals surface area contributed by atoms with Crippen molar-refractivity contribution in [3.05, 3.63) is 82.4 Å². The Morgan fingerprint density at radius 1 is 0.861 bits per heavy atom. The molecule has 1 atom stereocenters. The van der Waals surface area contributed by atoms with Crippen molar-refractivity contribution in [2.45, 2.75) is 45.5 Å². The summed E-state index contributed by atoms with van der Waals surface area (Å²) in [4.78, 5) is 12.5. The molecule has 0 aliphatic carbocycles. The summed E-state index contributed by atoms with van der Waals surface area (Å²) in [6, 6.07) is 12.2. The Bertz CT molecular complexity index is 1250. The summed E-state index contributed by atoms with van der Waals surface area (Å²) in [5.74, 6) is -0.632. The summed E-state index contributed by atoms with van der Waals surface area (Å²) >= 11 is 5.76. The maximum absolute atomic E-state index is 13.5. The van der Waals surface area contributed by atoms with Gasteiger partial charge in [-0.2, -0.15) is 26.3 Å². The van der Waals surface area contributed by atoms with Gasteiger partial charge >= 0.3 is 12.4 Å².